The first-order chi connectivity index (χ1) is 45.9. The molecule has 552 valence electrons. The van der Waals surface area contributed by atoms with Gasteiger partial charge in [-0.1, -0.05) is 0 Å². The van der Waals surface area contributed by atoms with Gasteiger partial charge in [-0.15, -0.1) is 0 Å². The summed E-state index contributed by atoms with van der Waals surface area (Å²) in [6.07, 6.45) is -4.71. The van der Waals surface area contributed by atoms with Gasteiger partial charge in [0.05, 0.1) is 26.4 Å². The van der Waals surface area contributed by atoms with Gasteiger partial charge in [0, 0.05) is 25.7 Å². The van der Waals surface area contributed by atoms with E-state index in [0.717, 1.165) is 0 Å². The van der Waals surface area contributed by atoms with Gasteiger partial charge in [0.15, 0.2) is 0 Å². The molecule has 30 N–H and O–H groups in total. The molecule has 41 nitrogen and oxygen atoms in total. The summed E-state index contributed by atoms with van der Waals surface area (Å²) in [5.41, 5.74) is 28.0. The Bertz CT molecular complexity index is 2610. The molecule has 0 aliphatic heterocycles. The van der Waals surface area contributed by atoms with E-state index in [1.807, 2.05) is 0 Å². The summed E-state index contributed by atoms with van der Waals surface area (Å²) in [5, 5.41) is 112. The molecular weight excluding hydrogens is 1300 g/mol. The summed E-state index contributed by atoms with van der Waals surface area (Å²) < 4.78 is 0. The zero-order valence-corrected chi connectivity index (χ0v) is 53.7. The summed E-state index contributed by atoms with van der Waals surface area (Å²) in [4.78, 5) is 208. The summed E-state index contributed by atoms with van der Waals surface area (Å²) in [6.45, 7) is -3.99. The molecule has 97 heavy (non-hydrogen) atoms. The van der Waals surface area contributed by atoms with Crippen LogP contribution in [-0.4, -0.2) is 266 Å². The molecular formula is C56H98N16O25. The van der Waals surface area contributed by atoms with Crippen molar-refractivity contribution >= 4 is 94.8 Å². The summed E-state index contributed by atoms with van der Waals surface area (Å²) in [6, 6.07) is -21.0. The average Bonchev–Trinajstić information content (AvgIpc) is 0.961. The highest BCUT2D eigenvalue weighted by Gasteiger charge is 2.37. The number of aliphatic carboxylic acids is 5. The molecule has 0 aromatic rings. The Balaban J connectivity index is 6.87. The van der Waals surface area contributed by atoms with Gasteiger partial charge in [-0.05, 0) is 129 Å². The standard InChI is InChI=1S/C56H98N16O25/c57-21-5-1-9-30(62-45(85)29(61)25-73)46(86)66-34(13-17-41(77)78)50(90)70-38(26-74)53(93)63-31(10-2-6-22-58)47(87)67-35(14-18-42(79)80)51(91)71-39(27-75)54(94)64-32(11-3-7-23-59)48(88)68-36(15-19-43(81)82)52(92)72-40(28-76)55(95)65-33(12-4-8-24-60)49(89)69-37(56(96)97)16-20-44(83)84/h29-40,73-76H,1-28,57-61H2,(H,62,85)(H,63,93)(H,64,94)(H,65,95)(H,66,86)(H,67,87)(H,68,88)(H,69,89)(H,70,90)(H,71,91)(H,72,92)(H,77,78)(H,79,80)(H,81,82)(H,83,84)(H,96,97)/t29-,30-,31-,32-,33-,34-,35-,36-,37-,38-,39-,40-/m0/s1. The second kappa shape index (κ2) is 49.6. The third-order valence-electron chi connectivity index (χ3n) is 14.4. The molecule has 0 fully saturated rings. The van der Waals surface area contributed by atoms with E-state index < -0.39 is 245 Å². The van der Waals surface area contributed by atoms with Crippen LogP contribution in [0.25, 0.3) is 0 Å². The van der Waals surface area contributed by atoms with E-state index in [1.165, 1.54) is 0 Å². The molecule has 41 heteroatoms. The van der Waals surface area contributed by atoms with Crippen LogP contribution < -0.4 is 87.2 Å². The highest BCUT2D eigenvalue weighted by atomic mass is 16.4. The Morgan fingerprint density at radius 1 is 0.237 bits per heavy atom. The van der Waals surface area contributed by atoms with Crippen molar-refractivity contribution in [3.05, 3.63) is 0 Å². The van der Waals surface area contributed by atoms with Crippen LogP contribution in [0.2, 0.25) is 0 Å². The summed E-state index contributed by atoms with van der Waals surface area (Å²) >= 11 is 0. The fourth-order valence-electron chi connectivity index (χ4n) is 8.85. The lowest BCUT2D eigenvalue weighted by atomic mass is 10.0. The van der Waals surface area contributed by atoms with Crippen LogP contribution >= 0.6 is 0 Å². The van der Waals surface area contributed by atoms with Crippen LogP contribution in [0.4, 0.5) is 0 Å². The van der Waals surface area contributed by atoms with Crippen molar-refractivity contribution in [2.45, 2.75) is 201 Å². The Kier molecular flexibility index (Phi) is 45.1. The highest BCUT2D eigenvalue weighted by molar-refractivity contribution is 5.99. The zero-order valence-electron chi connectivity index (χ0n) is 53.7. The van der Waals surface area contributed by atoms with Gasteiger partial charge < -0.3 is 133 Å². The zero-order chi connectivity index (χ0) is 73.7. The van der Waals surface area contributed by atoms with E-state index in [0.29, 0.717) is 12.8 Å². The van der Waals surface area contributed by atoms with Gasteiger partial charge in [0.1, 0.15) is 72.5 Å². The SMILES string of the molecule is NCCCC[C@H](NC(=O)[C@H](CO)NC(=O)[C@H](CCC(=O)O)NC(=O)[C@H](CCCCN)NC(=O)[C@H](CO)NC(=O)[C@H](CCC(=O)O)NC(=O)[C@H](CCCCN)NC(=O)[C@H](CO)NC(=O)[C@H](CCC(=O)O)NC(=O)[C@H](CCCCN)NC(=O)[C@@H](N)CO)C(=O)N[C@@H](CCC(=O)O)C(=O)O. The van der Waals surface area contributed by atoms with Crippen LogP contribution in [0.3, 0.4) is 0 Å². The predicted molar refractivity (Wildman–Crippen MR) is 334 cm³/mol. The topological polar surface area (TPSA) is 718 Å². The van der Waals surface area contributed by atoms with Crippen molar-refractivity contribution in [2.75, 3.05) is 52.6 Å². The maximum Gasteiger partial charge on any atom is 0.326 e. The largest absolute Gasteiger partial charge is 0.481 e. The smallest absolute Gasteiger partial charge is 0.326 e. The Hall–Kier alpha value is -8.84. The number of aliphatic hydroxyl groups excluding tert-OH is 4. The van der Waals surface area contributed by atoms with Crippen molar-refractivity contribution in [1.82, 2.24) is 58.5 Å². The number of carboxylic acids is 5. The molecule has 0 spiro atoms. The number of nitrogens with one attached hydrogen (secondary N) is 11. The fourth-order valence-corrected chi connectivity index (χ4v) is 8.85. The fraction of sp³-hybridized carbons (Fsp3) is 0.714. The molecule has 0 rings (SSSR count). The third kappa shape index (κ3) is 36.7. The molecule has 0 aliphatic carbocycles. The minimum Gasteiger partial charge on any atom is -0.481 e. The third-order valence-corrected chi connectivity index (χ3v) is 14.4. The maximum absolute atomic E-state index is 14.1. The molecule has 0 saturated heterocycles. The van der Waals surface area contributed by atoms with Crippen LogP contribution in [-0.2, 0) is 76.7 Å². The first-order valence-corrected chi connectivity index (χ1v) is 31.3. The normalized spacial score (nSPS) is 14.7. The van der Waals surface area contributed by atoms with Gasteiger partial charge in [0.2, 0.25) is 65.0 Å². The van der Waals surface area contributed by atoms with E-state index in [1.54, 1.807) is 0 Å². The molecule has 0 aromatic carbocycles. The number of rotatable bonds is 55. The first-order valence-electron chi connectivity index (χ1n) is 31.3. The van der Waals surface area contributed by atoms with Crippen LogP contribution in [0.5, 0.6) is 0 Å². The van der Waals surface area contributed by atoms with Gasteiger partial charge in [-0.25, -0.2) is 4.79 Å². The number of nitrogens with two attached hydrogens (primary N) is 5. The Labute approximate surface area is 556 Å². The Morgan fingerprint density at radius 2 is 0.412 bits per heavy atom. The molecule has 0 bridgehead atoms. The van der Waals surface area contributed by atoms with Crippen molar-refractivity contribution in [2.24, 2.45) is 28.7 Å². The highest BCUT2D eigenvalue weighted by Crippen LogP contribution is 2.12. The lowest BCUT2D eigenvalue weighted by Crippen LogP contribution is -2.61. The summed E-state index contributed by atoms with van der Waals surface area (Å²) in [7, 11) is 0. The van der Waals surface area contributed by atoms with Crippen LogP contribution in [0.1, 0.15) is 128 Å². The maximum atomic E-state index is 14.1. The lowest BCUT2D eigenvalue weighted by molar-refractivity contribution is -0.144. The number of carboxylic acid groups (broad SMARTS) is 5. The second-order valence-electron chi connectivity index (χ2n) is 22.2. The van der Waals surface area contributed by atoms with Crippen molar-refractivity contribution < 1.29 is 123 Å². The number of aliphatic hydroxyl groups is 4. The molecule has 0 saturated carbocycles. The number of hydrogen-bond donors (Lipinski definition) is 25. The van der Waals surface area contributed by atoms with E-state index in [-0.39, 0.29) is 90.4 Å². The molecule has 11 amide bonds. The second-order valence-corrected chi connectivity index (χ2v) is 22.2. The minimum absolute atomic E-state index is 0.0508. The number of carbonyl (C=O) groups is 16. The molecule has 0 unspecified atom stereocenters. The van der Waals surface area contributed by atoms with E-state index >= 15 is 0 Å². The van der Waals surface area contributed by atoms with Gasteiger partial charge in [0.25, 0.3) is 0 Å². The quantitative estimate of drug-likeness (QED) is 0.0251. The Morgan fingerprint density at radius 3 is 0.598 bits per heavy atom. The monoisotopic (exact) mass is 1390 g/mol. The van der Waals surface area contributed by atoms with Crippen LogP contribution in [0, 0.1) is 0 Å². The molecule has 0 aliphatic rings. The molecule has 0 heterocycles. The van der Waals surface area contributed by atoms with Crippen molar-refractivity contribution in [1.29, 1.82) is 0 Å². The average molecular weight is 1400 g/mol. The van der Waals surface area contributed by atoms with Crippen molar-refractivity contribution in [3.8, 4) is 0 Å². The molecule has 12 atom stereocenters. The van der Waals surface area contributed by atoms with Crippen LogP contribution in [0.15, 0.2) is 0 Å². The van der Waals surface area contributed by atoms with Gasteiger partial charge >= 0.3 is 29.8 Å². The number of carbonyl (C=O) groups excluding carboxylic acids is 11. The molecule has 0 aromatic heterocycles. The van der Waals surface area contributed by atoms with E-state index in [4.69, 9.17) is 33.8 Å². The van der Waals surface area contributed by atoms with Gasteiger partial charge in [-0.2, -0.15) is 0 Å². The molecule has 0 radical (unpaired) electrons. The lowest BCUT2D eigenvalue weighted by Gasteiger charge is -2.28. The number of amides is 11. The minimum atomic E-state index is -2.03. The number of unbranched alkanes of at least 4 members (excludes halogenated alkanes) is 4. The van der Waals surface area contributed by atoms with E-state index in [2.05, 4.69) is 58.5 Å². The first kappa shape index (κ1) is 88.2. The number of hydrogen-bond acceptors (Lipinski definition) is 25. The van der Waals surface area contributed by atoms with Crippen molar-refractivity contribution in [3.63, 3.8) is 0 Å². The van der Waals surface area contributed by atoms with Gasteiger partial charge in [-0.3, -0.25) is 71.9 Å². The summed E-state index contributed by atoms with van der Waals surface area (Å²) in [5.74, 6) is -20.5. The van der Waals surface area contributed by atoms with E-state index in [9.17, 15) is 118 Å². The predicted octanol–water partition coefficient (Wildman–Crippen LogP) is -10.3.